The average molecular weight is 366 g/mol. The summed E-state index contributed by atoms with van der Waals surface area (Å²) in [7, 11) is 0. The van der Waals surface area contributed by atoms with Gasteiger partial charge in [0.2, 0.25) is 5.91 Å². The predicted molar refractivity (Wildman–Crippen MR) is 100 cm³/mol. The van der Waals surface area contributed by atoms with E-state index in [1.54, 1.807) is 28.9 Å². The molecule has 130 valence electrons. The van der Waals surface area contributed by atoms with Gasteiger partial charge >= 0.3 is 0 Å². The minimum Gasteiger partial charge on any atom is -0.310 e. The normalized spacial score (nSPS) is 16.1. The molecule has 0 aliphatic carbocycles. The average Bonchev–Trinajstić information content (AvgIpc) is 2.97. The lowest BCUT2D eigenvalue weighted by atomic mass is 9.85. The summed E-state index contributed by atoms with van der Waals surface area (Å²) in [4.78, 5) is 25.4. The monoisotopic (exact) mass is 365 g/mol. The Kier molecular flexibility index (Phi) is 4.09. The van der Waals surface area contributed by atoms with Gasteiger partial charge in [-0.1, -0.05) is 41.9 Å². The lowest BCUT2D eigenvalue weighted by molar-refractivity contribution is -0.116. The van der Waals surface area contributed by atoms with Crippen LogP contribution in [-0.2, 0) is 4.79 Å². The van der Waals surface area contributed by atoms with Gasteiger partial charge in [-0.3, -0.25) is 9.59 Å². The Morgan fingerprint density at radius 1 is 1.19 bits per heavy atom. The first-order valence-electron chi connectivity index (χ1n) is 8.29. The van der Waals surface area contributed by atoms with E-state index in [1.807, 2.05) is 37.3 Å². The van der Waals surface area contributed by atoms with Crippen molar-refractivity contribution in [1.29, 1.82) is 0 Å². The van der Waals surface area contributed by atoms with Crippen LogP contribution < -0.4 is 5.32 Å². The van der Waals surface area contributed by atoms with Crippen molar-refractivity contribution in [3.05, 3.63) is 76.4 Å². The number of hydrogen-bond acceptors (Lipinski definition) is 3. The minimum atomic E-state index is -0.574. The van der Waals surface area contributed by atoms with Gasteiger partial charge in [0.25, 0.3) is 0 Å². The van der Waals surface area contributed by atoms with Crippen molar-refractivity contribution < 1.29 is 9.59 Å². The number of anilines is 1. The molecule has 1 aromatic heterocycles. The number of fused-ring (bicyclic) bond motifs is 1. The molecule has 0 bridgehead atoms. The summed E-state index contributed by atoms with van der Waals surface area (Å²) in [5.41, 5.74) is 2.81. The zero-order valence-corrected chi connectivity index (χ0v) is 14.8. The van der Waals surface area contributed by atoms with Crippen LogP contribution in [0.5, 0.6) is 0 Å². The number of aryl methyl sites for hydroxylation is 1. The summed E-state index contributed by atoms with van der Waals surface area (Å²) < 4.78 is 1.68. The second kappa shape index (κ2) is 6.42. The summed E-state index contributed by atoms with van der Waals surface area (Å²) in [6, 6.07) is 16.3. The van der Waals surface area contributed by atoms with Crippen LogP contribution in [0.1, 0.15) is 34.0 Å². The molecule has 0 spiro atoms. The summed E-state index contributed by atoms with van der Waals surface area (Å²) in [6.07, 6.45) is 0.0969. The topological polar surface area (TPSA) is 64.0 Å². The third-order valence-electron chi connectivity index (χ3n) is 4.53. The van der Waals surface area contributed by atoms with Crippen LogP contribution in [0.25, 0.3) is 5.69 Å². The van der Waals surface area contributed by atoms with Crippen molar-refractivity contribution >= 4 is 29.1 Å². The molecule has 1 aliphatic rings. The number of halogens is 1. The molecule has 4 rings (SSSR count). The van der Waals surface area contributed by atoms with E-state index < -0.39 is 5.92 Å². The van der Waals surface area contributed by atoms with Gasteiger partial charge in [-0.25, -0.2) is 4.68 Å². The zero-order chi connectivity index (χ0) is 18.3. The molecule has 1 aliphatic heterocycles. The predicted octanol–water partition coefficient (Wildman–Crippen LogP) is 4.14. The standard InChI is InChI=1S/C20H16ClN3O2/c1-12-18-16(19(26)13-6-5-7-14(21)10-13)11-17(25)22-20(18)24(23-12)15-8-3-2-4-9-15/h2-10,16H,11H2,1H3,(H,22,25)/t16-/m1/s1. The van der Waals surface area contributed by atoms with Crippen LogP contribution in [0.3, 0.4) is 0 Å². The summed E-state index contributed by atoms with van der Waals surface area (Å²) >= 11 is 6.02. The lowest BCUT2D eigenvalue weighted by Crippen LogP contribution is -2.28. The number of carbonyl (C=O) groups is 2. The van der Waals surface area contributed by atoms with Crippen molar-refractivity contribution in [2.45, 2.75) is 19.3 Å². The molecule has 2 heterocycles. The van der Waals surface area contributed by atoms with Crippen molar-refractivity contribution in [1.82, 2.24) is 9.78 Å². The second-order valence-corrected chi connectivity index (χ2v) is 6.71. The summed E-state index contributed by atoms with van der Waals surface area (Å²) in [5.74, 6) is -0.339. The van der Waals surface area contributed by atoms with E-state index in [1.165, 1.54) is 0 Å². The number of Topliss-reactive ketones (excluding diaryl/α,β-unsaturated/α-hetero) is 1. The van der Waals surface area contributed by atoms with Gasteiger partial charge in [-0.15, -0.1) is 0 Å². The van der Waals surface area contributed by atoms with Gasteiger partial charge in [-0.05, 0) is 31.2 Å². The van der Waals surface area contributed by atoms with Gasteiger partial charge in [0, 0.05) is 22.6 Å². The molecule has 26 heavy (non-hydrogen) atoms. The second-order valence-electron chi connectivity index (χ2n) is 6.27. The molecule has 0 fully saturated rings. The largest absolute Gasteiger partial charge is 0.310 e. The van der Waals surface area contributed by atoms with Crippen molar-refractivity contribution in [3.63, 3.8) is 0 Å². The van der Waals surface area contributed by atoms with Crippen LogP contribution in [0, 0.1) is 6.92 Å². The van der Waals surface area contributed by atoms with Gasteiger partial charge < -0.3 is 5.32 Å². The highest BCUT2D eigenvalue weighted by Crippen LogP contribution is 2.38. The minimum absolute atomic E-state index is 0.0969. The Bertz CT molecular complexity index is 1010. The summed E-state index contributed by atoms with van der Waals surface area (Å²) in [6.45, 7) is 1.86. The van der Waals surface area contributed by atoms with Gasteiger partial charge in [-0.2, -0.15) is 5.10 Å². The number of benzene rings is 2. The number of amides is 1. The van der Waals surface area contributed by atoms with E-state index in [9.17, 15) is 9.59 Å². The highest BCUT2D eigenvalue weighted by Gasteiger charge is 2.36. The fourth-order valence-corrected chi connectivity index (χ4v) is 3.56. The molecule has 0 unspecified atom stereocenters. The van der Waals surface area contributed by atoms with Crippen LogP contribution in [0.2, 0.25) is 5.02 Å². The molecule has 6 heteroatoms. The number of para-hydroxylation sites is 1. The fourth-order valence-electron chi connectivity index (χ4n) is 3.37. The highest BCUT2D eigenvalue weighted by atomic mass is 35.5. The molecule has 2 aromatic carbocycles. The first-order chi connectivity index (χ1) is 12.5. The molecule has 1 atom stereocenters. The van der Waals surface area contributed by atoms with E-state index in [2.05, 4.69) is 10.4 Å². The van der Waals surface area contributed by atoms with E-state index in [4.69, 9.17) is 11.6 Å². The Morgan fingerprint density at radius 3 is 2.69 bits per heavy atom. The maximum absolute atomic E-state index is 13.1. The van der Waals surface area contributed by atoms with Crippen molar-refractivity contribution in [3.8, 4) is 5.69 Å². The molecule has 3 aromatic rings. The zero-order valence-electron chi connectivity index (χ0n) is 14.1. The smallest absolute Gasteiger partial charge is 0.226 e. The molecule has 1 amide bonds. The first kappa shape index (κ1) is 16.5. The summed E-state index contributed by atoms with van der Waals surface area (Å²) in [5, 5.41) is 7.94. The third kappa shape index (κ3) is 2.80. The van der Waals surface area contributed by atoms with Gasteiger partial charge in [0.15, 0.2) is 5.78 Å². The number of nitrogens with zero attached hydrogens (tertiary/aromatic N) is 2. The highest BCUT2D eigenvalue weighted by molar-refractivity contribution is 6.31. The number of carbonyl (C=O) groups excluding carboxylic acids is 2. The van der Waals surface area contributed by atoms with Crippen molar-refractivity contribution in [2.75, 3.05) is 5.32 Å². The number of hydrogen-bond donors (Lipinski definition) is 1. The molecular weight excluding hydrogens is 350 g/mol. The number of nitrogens with one attached hydrogen (secondary N) is 1. The maximum atomic E-state index is 13.1. The van der Waals surface area contributed by atoms with E-state index in [0.717, 1.165) is 16.9 Å². The Labute approximate surface area is 155 Å². The lowest BCUT2D eigenvalue weighted by Gasteiger charge is -2.23. The SMILES string of the molecule is Cc1nn(-c2ccccc2)c2c1[C@H](C(=O)c1cccc(Cl)c1)CC(=O)N2. The van der Waals surface area contributed by atoms with Crippen LogP contribution in [-0.4, -0.2) is 21.5 Å². The Morgan fingerprint density at radius 2 is 1.96 bits per heavy atom. The maximum Gasteiger partial charge on any atom is 0.226 e. The molecule has 0 saturated heterocycles. The third-order valence-corrected chi connectivity index (χ3v) is 4.76. The molecular formula is C20H16ClN3O2. The molecule has 0 saturated carbocycles. The Balaban J connectivity index is 1.83. The number of ketones is 1. The van der Waals surface area contributed by atoms with E-state index in [-0.39, 0.29) is 18.1 Å². The van der Waals surface area contributed by atoms with E-state index >= 15 is 0 Å². The first-order valence-corrected chi connectivity index (χ1v) is 8.67. The molecule has 1 N–H and O–H groups in total. The number of rotatable bonds is 3. The fraction of sp³-hybridized carbons (Fsp3) is 0.150. The van der Waals surface area contributed by atoms with Crippen LogP contribution in [0.15, 0.2) is 54.6 Å². The van der Waals surface area contributed by atoms with Gasteiger partial charge in [0.1, 0.15) is 5.82 Å². The molecule has 0 radical (unpaired) electrons. The van der Waals surface area contributed by atoms with Gasteiger partial charge in [0.05, 0.1) is 17.3 Å². The van der Waals surface area contributed by atoms with Crippen LogP contribution >= 0.6 is 11.6 Å². The molecule has 5 nitrogen and oxygen atoms in total. The Hall–Kier alpha value is -2.92. The van der Waals surface area contributed by atoms with Crippen molar-refractivity contribution in [2.24, 2.45) is 0 Å². The van der Waals surface area contributed by atoms with Crippen LogP contribution in [0.4, 0.5) is 5.82 Å². The van der Waals surface area contributed by atoms with E-state index in [0.29, 0.717) is 16.4 Å². The number of aromatic nitrogens is 2. The quantitative estimate of drug-likeness (QED) is 0.709.